The first-order chi connectivity index (χ1) is 15.3. The van der Waals surface area contributed by atoms with Crippen molar-refractivity contribution in [3.8, 4) is 5.69 Å². The van der Waals surface area contributed by atoms with Crippen LogP contribution in [0.4, 0.5) is 0 Å². The molecule has 3 unspecified atom stereocenters. The topological polar surface area (TPSA) is 123 Å². The lowest BCUT2D eigenvalue weighted by Gasteiger charge is -2.38. The molecule has 10 heteroatoms. The van der Waals surface area contributed by atoms with E-state index in [0.29, 0.717) is 24.1 Å². The van der Waals surface area contributed by atoms with Crippen LogP contribution in [0, 0.1) is 5.92 Å². The van der Waals surface area contributed by atoms with Crippen LogP contribution in [0.2, 0.25) is 0 Å². The molecular weight excluding hydrogens is 414 g/mol. The van der Waals surface area contributed by atoms with Gasteiger partial charge in [-0.3, -0.25) is 14.4 Å². The van der Waals surface area contributed by atoms with Gasteiger partial charge in [-0.05, 0) is 45.7 Å². The van der Waals surface area contributed by atoms with Gasteiger partial charge in [0.05, 0.1) is 36.2 Å². The van der Waals surface area contributed by atoms with Gasteiger partial charge in [-0.25, -0.2) is 4.79 Å². The third-order valence-electron chi connectivity index (χ3n) is 5.50. The summed E-state index contributed by atoms with van der Waals surface area (Å²) < 4.78 is 4.88. The molecule has 1 aromatic heterocycles. The Balaban J connectivity index is 1.77. The molecule has 1 aliphatic rings. The lowest BCUT2D eigenvalue weighted by atomic mass is 9.91. The minimum absolute atomic E-state index is 0.0844. The summed E-state index contributed by atoms with van der Waals surface area (Å²) in [5, 5.41) is 10.7. The average molecular weight is 441 g/mol. The number of rotatable bonds is 7. The van der Waals surface area contributed by atoms with E-state index in [1.165, 1.54) is 24.1 Å². The maximum absolute atomic E-state index is 13.4. The number of Topliss-reactive ketones (excluding diaryl/α,β-unsaturated/α-hetero) is 1. The molecule has 1 aliphatic heterocycles. The summed E-state index contributed by atoms with van der Waals surface area (Å²) in [7, 11) is 0. The summed E-state index contributed by atoms with van der Waals surface area (Å²) in [6, 6.07) is 5.57. The summed E-state index contributed by atoms with van der Waals surface area (Å²) in [5.74, 6) is -2.54. The number of benzene rings is 1. The molecule has 0 aliphatic carbocycles. The highest BCUT2D eigenvalue weighted by Gasteiger charge is 2.36. The Kier molecular flexibility index (Phi) is 7.34. The smallest absolute Gasteiger partial charge is 0.336 e. The number of hydrogen-bond acceptors (Lipinski definition) is 7. The van der Waals surface area contributed by atoms with E-state index < -0.39 is 29.6 Å². The molecule has 2 heterocycles. The number of nitrogens with zero attached hydrogens (tertiary/aromatic N) is 4. The molecular formula is C22H27N5O5. The maximum Gasteiger partial charge on any atom is 0.336 e. The fourth-order valence-corrected chi connectivity index (χ4v) is 3.74. The second-order valence-corrected chi connectivity index (χ2v) is 7.72. The van der Waals surface area contributed by atoms with Crippen molar-refractivity contribution in [2.75, 3.05) is 13.2 Å². The maximum atomic E-state index is 13.4. The van der Waals surface area contributed by atoms with Crippen molar-refractivity contribution < 1.29 is 23.9 Å². The van der Waals surface area contributed by atoms with Gasteiger partial charge < -0.3 is 15.0 Å². The molecule has 32 heavy (non-hydrogen) atoms. The molecule has 0 radical (unpaired) electrons. The molecule has 3 rings (SSSR count). The number of ketones is 1. The standard InChI is InChI=1S/C22H27N5O5/c1-4-32-22(31)19(15(3)28)25-20(29)16-10-9-14(2)26(13-16)21(30)17-7-5-6-8-18(17)27-23-11-12-24-27/h5-8,11-12,14,16,19H,4,9-10,13H2,1-3H3,(H,25,29). The van der Waals surface area contributed by atoms with E-state index in [1.807, 2.05) is 6.92 Å². The number of hydrogen-bond donors (Lipinski definition) is 1. The predicted octanol–water partition coefficient (Wildman–Crippen LogP) is 1.14. The van der Waals surface area contributed by atoms with Crippen LogP contribution in [-0.2, 0) is 19.1 Å². The highest BCUT2D eigenvalue weighted by molar-refractivity contribution is 6.05. The van der Waals surface area contributed by atoms with Gasteiger partial charge in [0.25, 0.3) is 5.91 Å². The lowest BCUT2D eigenvalue weighted by molar-refractivity contribution is -0.151. The second kappa shape index (κ2) is 10.2. The Bertz CT molecular complexity index is 990. The second-order valence-electron chi connectivity index (χ2n) is 7.72. The van der Waals surface area contributed by atoms with Crippen molar-refractivity contribution in [3.05, 3.63) is 42.2 Å². The van der Waals surface area contributed by atoms with E-state index in [-0.39, 0.29) is 25.1 Å². The van der Waals surface area contributed by atoms with Crippen LogP contribution in [0.25, 0.3) is 5.69 Å². The van der Waals surface area contributed by atoms with Crippen molar-refractivity contribution in [1.29, 1.82) is 0 Å². The number of carbonyl (C=O) groups excluding carboxylic acids is 4. The van der Waals surface area contributed by atoms with E-state index >= 15 is 0 Å². The predicted molar refractivity (Wildman–Crippen MR) is 114 cm³/mol. The van der Waals surface area contributed by atoms with E-state index in [2.05, 4.69) is 15.5 Å². The zero-order valence-electron chi connectivity index (χ0n) is 18.4. The Morgan fingerprint density at radius 3 is 2.50 bits per heavy atom. The summed E-state index contributed by atoms with van der Waals surface area (Å²) in [6.45, 7) is 5.05. The lowest BCUT2D eigenvalue weighted by Crippen LogP contribution is -2.53. The van der Waals surface area contributed by atoms with Gasteiger partial charge in [0.15, 0.2) is 11.8 Å². The van der Waals surface area contributed by atoms with Gasteiger partial charge in [0.1, 0.15) is 0 Å². The molecule has 0 saturated carbocycles. The molecule has 10 nitrogen and oxygen atoms in total. The Morgan fingerprint density at radius 1 is 1.16 bits per heavy atom. The molecule has 1 N–H and O–H groups in total. The molecule has 0 bridgehead atoms. The average Bonchev–Trinajstić information content (AvgIpc) is 3.32. The van der Waals surface area contributed by atoms with E-state index in [4.69, 9.17) is 4.74 Å². The number of para-hydroxylation sites is 1. The van der Waals surface area contributed by atoms with Crippen molar-refractivity contribution in [1.82, 2.24) is 25.2 Å². The zero-order valence-corrected chi connectivity index (χ0v) is 18.4. The number of carbonyl (C=O) groups is 4. The van der Waals surface area contributed by atoms with E-state index in [0.717, 1.165) is 0 Å². The SMILES string of the molecule is CCOC(=O)C(NC(=O)C1CCC(C)N(C(=O)c2ccccc2-n2nccn2)C1)C(C)=O. The number of esters is 1. The Hall–Kier alpha value is -3.56. The summed E-state index contributed by atoms with van der Waals surface area (Å²) in [5.41, 5.74) is 0.963. The van der Waals surface area contributed by atoms with Crippen LogP contribution >= 0.6 is 0 Å². The minimum atomic E-state index is -1.35. The number of nitrogens with one attached hydrogen (secondary N) is 1. The molecule has 1 fully saturated rings. The van der Waals surface area contributed by atoms with Crippen LogP contribution in [0.15, 0.2) is 36.7 Å². The third kappa shape index (κ3) is 5.01. The molecule has 2 amide bonds. The van der Waals surface area contributed by atoms with E-state index in [9.17, 15) is 19.2 Å². The quantitative estimate of drug-likeness (QED) is 0.505. The molecule has 1 saturated heterocycles. The number of ether oxygens (including phenoxy) is 1. The normalized spacial score (nSPS) is 19.2. The first-order valence-electron chi connectivity index (χ1n) is 10.6. The van der Waals surface area contributed by atoms with Crippen molar-refractivity contribution >= 4 is 23.6 Å². The zero-order chi connectivity index (χ0) is 23.3. The van der Waals surface area contributed by atoms with Crippen LogP contribution < -0.4 is 5.32 Å². The fourth-order valence-electron chi connectivity index (χ4n) is 3.74. The van der Waals surface area contributed by atoms with Crippen LogP contribution in [0.1, 0.15) is 44.0 Å². The van der Waals surface area contributed by atoms with E-state index in [1.54, 1.807) is 36.1 Å². The van der Waals surface area contributed by atoms with Crippen molar-refractivity contribution in [2.45, 2.75) is 45.7 Å². The molecule has 3 atom stereocenters. The number of piperidine rings is 1. The summed E-state index contributed by atoms with van der Waals surface area (Å²) in [4.78, 5) is 53.2. The van der Waals surface area contributed by atoms with Crippen molar-refractivity contribution in [3.63, 3.8) is 0 Å². The molecule has 0 spiro atoms. The molecule has 2 aromatic rings. The number of likely N-dealkylation sites (tertiary alicyclic amines) is 1. The summed E-state index contributed by atoms with van der Waals surface area (Å²) >= 11 is 0. The Labute approximate surface area is 185 Å². The third-order valence-corrected chi connectivity index (χ3v) is 5.50. The van der Waals surface area contributed by atoms with Gasteiger partial charge in [-0.15, -0.1) is 0 Å². The van der Waals surface area contributed by atoms with Crippen LogP contribution in [0.5, 0.6) is 0 Å². The first kappa shape index (κ1) is 23.1. The largest absolute Gasteiger partial charge is 0.464 e. The monoisotopic (exact) mass is 441 g/mol. The highest BCUT2D eigenvalue weighted by Crippen LogP contribution is 2.26. The van der Waals surface area contributed by atoms with Gasteiger partial charge in [0.2, 0.25) is 5.91 Å². The first-order valence-corrected chi connectivity index (χ1v) is 10.6. The van der Waals surface area contributed by atoms with Gasteiger partial charge >= 0.3 is 5.97 Å². The van der Waals surface area contributed by atoms with Crippen molar-refractivity contribution in [2.24, 2.45) is 5.92 Å². The van der Waals surface area contributed by atoms with Gasteiger partial charge in [-0.1, -0.05) is 12.1 Å². The number of amides is 2. The highest BCUT2D eigenvalue weighted by atomic mass is 16.5. The van der Waals surface area contributed by atoms with Gasteiger partial charge in [-0.2, -0.15) is 15.0 Å². The van der Waals surface area contributed by atoms with Crippen LogP contribution in [0.3, 0.4) is 0 Å². The Morgan fingerprint density at radius 2 is 1.84 bits per heavy atom. The minimum Gasteiger partial charge on any atom is -0.464 e. The summed E-state index contributed by atoms with van der Waals surface area (Å²) in [6.07, 6.45) is 4.20. The number of aromatic nitrogens is 3. The van der Waals surface area contributed by atoms with Crippen LogP contribution in [-0.4, -0.2) is 68.7 Å². The fraction of sp³-hybridized carbons (Fsp3) is 0.455. The molecule has 1 aromatic carbocycles. The molecule has 170 valence electrons. The van der Waals surface area contributed by atoms with Gasteiger partial charge in [0, 0.05) is 12.6 Å².